The van der Waals surface area contributed by atoms with Gasteiger partial charge in [-0.1, -0.05) is 48.5 Å². The van der Waals surface area contributed by atoms with E-state index in [9.17, 15) is 4.79 Å². The number of benzene rings is 2. The van der Waals surface area contributed by atoms with Crippen LogP contribution in [0.25, 0.3) is 10.9 Å². The number of Topliss-reactive ketones (excluding diaryl/α,β-unsaturated/α-hetero) is 1. The highest BCUT2D eigenvalue weighted by atomic mass is 16.1. The van der Waals surface area contributed by atoms with E-state index in [2.05, 4.69) is 22.4 Å². The minimum atomic E-state index is 0.0701. The maximum absolute atomic E-state index is 11.3. The van der Waals surface area contributed by atoms with Crippen molar-refractivity contribution in [3.63, 3.8) is 0 Å². The van der Waals surface area contributed by atoms with Gasteiger partial charge in [0.25, 0.3) is 0 Å². The Hall–Kier alpha value is -2.52. The topological polar surface area (TPSA) is 42.0 Å². The fourth-order valence-corrected chi connectivity index (χ4v) is 2.37. The van der Waals surface area contributed by atoms with Crippen molar-refractivity contribution < 1.29 is 4.79 Å². The molecule has 0 saturated carbocycles. The molecule has 0 fully saturated rings. The van der Waals surface area contributed by atoms with Gasteiger partial charge in [0.15, 0.2) is 5.78 Å². The van der Waals surface area contributed by atoms with E-state index >= 15 is 0 Å². The molecule has 1 heterocycles. The Morgan fingerprint density at radius 2 is 1.70 bits per heavy atom. The first kappa shape index (κ1) is 16.8. The van der Waals surface area contributed by atoms with Gasteiger partial charge in [0.05, 0.1) is 5.52 Å². The number of carbonyl (C=O) groups excluding carboxylic acids is 1. The highest BCUT2D eigenvalue weighted by molar-refractivity contribution is 5.98. The number of aromatic nitrogens is 1. The zero-order valence-corrected chi connectivity index (χ0v) is 13.8. The maximum atomic E-state index is 11.3. The van der Waals surface area contributed by atoms with E-state index in [1.54, 1.807) is 6.92 Å². The molecule has 1 aromatic heterocycles. The lowest BCUT2D eigenvalue weighted by Gasteiger charge is -2.03. The summed E-state index contributed by atoms with van der Waals surface area (Å²) >= 11 is 0. The Morgan fingerprint density at radius 1 is 1.04 bits per heavy atom. The molecule has 3 heteroatoms. The lowest BCUT2D eigenvalue weighted by molar-refractivity contribution is 0.101. The molecule has 0 aliphatic heterocycles. The molecule has 3 aromatic rings. The number of hydrogen-bond donors (Lipinski definition) is 1. The van der Waals surface area contributed by atoms with E-state index in [-0.39, 0.29) is 5.78 Å². The number of aryl methyl sites for hydroxylation is 1. The summed E-state index contributed by atoms with van der Waals surface area (Å²) in [7, 11) is 1.95. The van der Waals surface area contributed by atoms with Gasteiger partial charge in [-0.05, 0) is 38.6 Å². The molecule has 0 saturated heterocycles. The number of nitrogens with one attached hydrogen (secondary N) is 1. The molecule has 0 aliphatic rings. The van der Waals surface area contributed by atoms with Gasteiger partial charge in [-0.3, -0.25) is 9.78 Å². The van der Waals surface area contributed by atoms with Crippen LogP contribution in [0.3, 0.4) is 0 Å². The van der Waals surface area contributed by atoms with Crippen molar-refractivity contribution in [3.8, 4) is 0 Å². The molecule has 1 N–H and O–H groups in total. The van der Waals surface area contributed by atoms with Crippen molar-refractivity contribution in [2.24, 2.45) is 0 Å². The van der Waals surface area contributed by atoms with Gasteiger partial charge in [-0.2, -0.15) is 0 Å². The molecule has 3 nitrogen and oxygen atoms in total. The highest BCUT2D eigenvalue weighted by Crippen LogP contribution is 2.16. The number of pyridine rings is 1. The van der Waals surface area contributed by atoms with Crippen molar-refractivity contribution in [2.45, 2.75) is 20.4 Å². The average molecular weight is 306 g/mol. The Morgan fingerprint density at radius 3 is 2.35 bits per heavy atom. The van der Waals surface area contributed by atoms with Crippen LogP contribution >= 0.6 is 0 Å². The van der Waals surface area contributed by atoms with E-state index in [0.29, 0.717) is 5.56 Å². The van der Waals surface area contributed by atoms with Crippen molar-refractivity contribution in [1.29, 1.82) is 0 Å². The first-order valence-electron chi connectivity index (χ1n) is 7.67. The molecule has 118 valence electrons. The van der Waals surface area contributed by atoms with Crippen molar-refractivity contribution in [1.82, 2.24) is 10.3 Å². The molecule has 2 aromatic carbocycles. The summed E-state index contributed by atoms with van der Waals surface area (Å²) in [6.07, 6.45) is 0. The molecule has 0 aliphatic carbocycles. The quantitative estimate of drug-likeness (QED) is 0.739. The molecular formula is C20H22N2O. The number of para-hydroxylation sites is 1. The third kappa shape index (κ3) is 4.73. The zero-order chi connectivity index (χ0) is 16.7. The molecule has 0 amide bonds. The van der Waals surface area contributed by atoms with Crippen LogP contribution < -0.4 is 5.32 Å². The van der Waals surface area contributed by atoms with Gasteiger partial charge >= 0.3 is 0 Å². The molecule has 0 spiro atoms. The second kappa shape index (κ2) is 8.20. The first-order valence-corrected chi connectivity index (χ1v) is 7.67. The first-order chi connectivity index (χ1) is 11.1. The third-order valence-electron chi connectivity index (χ3n) is 3.52. The number of fused-ring (bicyclic) bond motifs is 1. The standard InChI is InChI=1S/C12H11NO.C8H11N/c1-8-11(9(2)14)7-10-5-3-4-6-12(10)13-8;1-9-7-8-5-3-2-4-6-8/h3-7H,1-2H3;2-6,9H,7H2,1H3. The predicted octanol–water partition coefficient (Wildman–Crippen LogP) is 4.15. The summed E-state index contributed by atoms with van der Waals surface area (Å²) in [5.74, 6) is 0.0701. The van der Waals surface area contributed by atoms with Crippen LogP contribution in [-0.2, 0) is 6.54 Å². The largest absolute Gasteiger partial charge is 0.316 e. The second-order valence-electron chi connectivity index (χ2n) is 5.39. The molecule has 0 unspecified atom stereocenters. The van der Waals surface area contributed by atoms with Crippen LogP contribution in [0, 0.1) is 6.92 Å². The van der Waals surface area contributed by atoms with E-state index in [1.807, 2.05) is 62.5 Å². The summed E-state index contributed by atoms with van der Waals surface area (Å²) < 4.78 is 0. The summed E-state index contributed by atoms with van der Waals surface area (Å²) in [4.78, 5) is 15.6. The lowest BCUT2D eigenvalue weighted by atomic mass is 10.1. The fourth-order valence-electron chi connectivity index (χ4n) is 2.37. The van der Waals surface area contributed by atoms with Crippen LogP contribution in [0.15, 0.2) is 60.7 Å². The van der Waals surface area contributed by atoms with Gasteiger partial charge in [0.2, 0.25) is 0 Å². The van der Waals surface area contributed by atoms with Gasteiger partial charge in [-0.25, -0.2) is 0 Å². The van der Waals surface area contributed by atoms with E-state index in [4.69, 9.17) is 0 Å². The van der Waals surface area contributed by atoms with Gasteiger partial charge in [0, 0.05) is 23.2 Å². The number of carbonyl (C=O) groups is 1. The minimum Gasteiger partial charge on any atom is -0.316 e. The Bertz CT molecular complexity index is 782. The average Bonchev–Trinajstić information content (AvgIpc) is 2.56. The summed E-state index contributed by atoms with van der Waals surface area (Å²) in [5, 5.41) is 4.10. The van der Waals surface area contributed by atoms with Crippen molar-refractivity contribution >= 4 is 16.7 Å². The number of rotatable bonds is 3. The molecule has 0 radical (unpaired) electrons. The predicted molar refractivity (Wildman–Crippen MR) is 95.7 cm³/mol. The van der Waals surface area contributed by atoms with Crippen LogP contribution in [0.2, 0.25) is 0 Å². The SMILES string of the molecule is CC(=O)c1cc2ccccc2nc1C.CNCc1ccccc1. The van der Waals surface area contributed by atoms with E-state index < -0.39 is 0 Å². The number of ketones is 1. The Labute approximate surface area is 137 Å². The van der Waals surface area contributed by atoms with Gasteiger partial charge < -0.3 is 5.32 Å². The second-order valence-corrected chi connectivity index (χ2v) is 5.39. The van der Waals surface area contributed by atoms with Crippen LogP contribution in [0.5, 0.6) is 0 Å². The third-order valence-corrected chi connectivity index (χ3v) is 3.52. The number of hydrogen-bond acceptors (Lipinski definition) is 3. The molecule has 3 rings (SSSR count). The van der Waals surface area contributed by atoms with Crippen molar-refractivity contribution in [3.05, 3.63) is 77.5 Å². The Kier molecular flexibility index (Phi) is 6.01. The summed E-state index contributed by atoms with van der Waals surface area (Å²) in [6.45, 7) is 4.39. The van der Waals surface area contributed by atoms with Crippen LogP contribution in [0.4, 0.5) is 0 Å². The number of nitrogens with zero attached hydrogens (tertiary/aromatic N) is 1. The normalized spacial score (nSPS) is 10.0. The molecule has 0 atom stereocenters. The Balaban J connectivity index is 0.000000185. The van der Waals surface area contributed by atoms with Gasteiger partial charge in [-0.15, -0.1) is 0 Å². The van der Waals surface area contributed by atoms with Crippen molar-refractivity contribution in [2.75, 3.05) is 7.05 Å². The van der Waals surface area contributed by atoms with Crippen LogP contribution in [0.1, 0.15) is 28.5 Å². The smallest absolute Gasteiger partial charge is 0.161 e. The maximum Gasteiger partial charge on any atom is 0.161 e. The minimum absolute atomic E-state index is 0.0701. The molecule has 0 bridgehead atoms. The summed E-state index contributed by atoms with van der Waals surface area (Å²) in [5.41, 5.74) is 3.79. The lowest BCUT2D eigenvalue weighted by Crippen LogP contribution is -2.04. The van der Waals surface area contributed by atoms with E-state index in [1.165, 1.54) is 5.56 Å². The van der Waals surface area contributed by atoms with E-state index in [0.717, 1.165) is 23.1 Å². The fraction of sp³-hybridized carbons (Fsp3) is 0.200. The zero-order valence-electron chi connectivity index (χ0n) is 13.8. The monoisotopic (exact) mass is 306 g/mol. The molecule has 23 heavy (non-hydrogen) atoms. The highest BCUT2D eigenvalue weighted by Gasteiger charge is 2.06. The molecular weight excluding hydrogens is 284 g/mol. The van der Waals surface area contributed by atoms with Crippen LogP contribution in [-0.4, -0.2) is 17.8 Å². The summed E-state index contributed by atoms with van der Waals surface area (Å²) in [6, 6.07) is 20.1. The van der Waals surface area contributed by atoms with Gasteiger partial charge in [0.1, 0.15) is 0 Å².